The maximum Gasteiger partial charge on any atom is 0.0640 e. The summed E-state index contributed by atoms with van der Waals surface area (Å²) in [5.74, 6) is 0. The van der Waals surface area contributed by atoms with Crippen molar-refractivity contribution < 1.29 is 4.74 Å². The van der Waals surface area contributed by atoms with E-state index in [2.05, 4.69) is 30.3 Å². The molecule has 0 saturated heterocycles. The molecule has 1 rings (SSSR count). The Morgan fingerprint density at radius 3 is 2.78 bits per heavy atom. The second kappa shape index (κ2) is 9.11. The van der Waals surface area contributed by atoms with Gasteiger partial charge in [-0.1, -0.05) is 13.8 Å². The minimum atomic E-state index is 0.469. The number of aromatic nitrogens is 2. The molecule has 0 aromatic carbocycles. The first-order chi connectivity index (χ1) is 8.76. The van der Waals surface area contributed by atoms with E-state index in [0.717, 1.165) is 51.1 Å². The number of hydrogen-bond acceptors (Lipinski definition) is 3. The molecule has 4 nitrogen and oxygen atoms in total. The van der Waals surface area contributed by atoms with Gasteiger partial charge in [-0.3, -0.25) is 4.68 Å². The van der Waals surface area contributed by atoms with E-state index in [4.69, 9.17) is 4.74 Å². The van der Waals surface area contributed by atoms with Crippen LogP contribution in [0.4, 0.5) is 0 Å². The van der Waals surface area contributed by atoms with Crippen molar-refractivity contribution in [2.75, 3.05) is 19.8 Å². The lowest BCUT2D eigenvalue weighted by molar-refractivity contribution is 0.124. The zero-order chi connectivity index (χ0) is 13.2. The number of hydrogen-bond donors (Lipinski definition) is 1. The Balaban J connectivity index is 2.34. The fourth-order valence-corrected chi connectivity index (χ4v) is 1.92. The highest BCUT2D eigenvalue weighted by atomic mass is 16.5. The molecule has 0 saturated carbocycles. The zero-order valence-electron chi connectivity index (χ0n) is 12.0. The van der Waals surface area contributed by atoms with Gasteiger partial charge in [0.05, 0.1) is 5.69 Å². The third-order valence-electron chi connectivity index (χ3n) is 2.87. The maximum absolute atomic E-state index is 5.57. The van der Waals surface area contributed by atoms with Crippen LogP contribution in [0.25, 0.3) is 0 Å². The number of nitrogens with zero attached hydrogens (tertiary/aromatic N) is 2. The molecule has 1 unspecified atom stereocenters. The summed E-state index contributed by atoms with van der Waals surface area (Å²) >= 11 is 0. The molecule has 1 N–H and O–H groups in total. The van der Waals surface area contributed by atoms with E-state index in [0.29, 0.717) is 6.04 Å². The maximum atomic E-state index is 5.57. The Kier molecular flexibility index (Phi) is 7.69. The van der Waals surface area contributed by atoms with Crippen molar-refractivity contribution in [1.29, 1.82) is 0 Å². The molecule has 0 bridgehead atoms. The zero-order valence-corrected chi connectivity index (χ0v) is 12.0. The van der Waals surface area contributed by atoms with Gasteiger partial charge in [0.15, 0.2) is 0 Å². The standard InChI is InChI=1S/C14H27N3O/c1-4-8-15-13(7-11-18-10-5-2)12-14-6-9-17(3)16-14/h6,9,13,15H,4-5,7-8,10-12H2,1-3H3. The van der Waals surface area contributed by atoms with Gasteiger partial charge in [-0.2, -0.15) is 5.10 Å². The van der Waals surface area contributed by atoms with E-state index in [-0.39, 0.29) is 0 Å². The van der Waals surface area contributed by atoms with E-state index in [1.165, 1.54) is 0 Å². The van der Waals surface area contributed by atoms with Crippen LogP contribution in [0.5, 0.6) is 0 Å². The molecule has 0 spiro atoms. The number of ether oxygens (including phenoxy) is 1. The molecule has 0 amide bonds. The number of rotatable bonds is 10. The van der Waals surface area contributed by atoms with E-state index < -0.39 is 0 Å². The Bertz CT molecular complexity index is 312. The van der Waals surface area contributed by atoms with Crippen LogP contribution in [0.15, 0.2) is 12.3 Å². The molecule has 0 radical (unpaired) electrons. The monoisotopic (exact) mass is 253 g/mol. The first-order valence-electron chi connectivity index (χ1n) is 7.05. The molecule has 0 aliphatic heterocycles. The van der Waals surface area contributed by atoms with Gasteiger partial charge in [-0.25, -0.2) is 0 Å². The van der Waals surface area contributed by atoms with Crippen molar-refractivity contribution in [3.8, 4) is 0 Å². The third-order valence-corrected chi connectivity index (χ3v) is 2.87. The molecule has 1 aromatic rings. The fraction of sp³-hybridized carbons (Fsp3) is 0.786. The Labute approximate surface area is 111 Å². The summed E-state index contributed by atoms with van der Waals surface area (Å²) in [6.45, 7) is 7.09. The van der Waals surface area contributed by atoms with Crippen molar-refractivity contribution in [2.24, 2.45) is 7.05 Å². The summed E-state index contributed by atoms with van der Waals surface area (Å²) < 4.78 is 7.43. The van der Waals surface area contributed by atoms with E-state index in [1.54, 1.807) is 0 Å². The average molecular weight is 253 g/mol. The Hall–Kier alpha value is -0.870. The van der Waals surface area contributed by atoms with Crippen molar-refractivity contribution in [3.05, 3.63) is 18.0 Å². The molecule has 1 heterocycles. The van der Waals surface area contributed by atoms with Crippen molar-refractivity contribution in [3.63, 3.8) is 0 Å². The van der Waals surface area contributed by atoms with Crippen LogP contribution < -0.4 is 5.32 Å². The van der Waals surface area contributed by atoms with Gasteiger partial charge in [0, 0.05) is 38.9 Å². The molecule has 0 aliphatic carbocycles. The number of nitrogens with one attached hydrogen (secondary N) is 1. The van der Waals surface area contributed by atoms with Gasteiger partial charge in [0.1, 0.15) is 0 Å². The van der Waals surface area contributed by atoms with Crippen LogP contribution in [-0.4, -0.2) is 35.6 Å². The largest absolute Gasteiger partial charge is 0.381 e. The Morgan fingerprint density at radius 1 is 1.33 bits per heavy atom. The second-order valence-electron chi connectivity index (χ2n) is 4.74. The van der Waals surface area contributed by atoms with Crippen molar-refractivity contribution in [1.82, 2.24) is 15.1 Å². The second-order valence-corrected chi connectivity index (χ2v) is 4.74. The van der Waals surface area contributed by atoms with E-state index >= 15 is 0 Å². The average Bonchev–Trinajstić information content (AvgIpc) is 2.77. The third kappa shape index (κ3) is 6.17. The minimum absolute atomic E-state index is 0.469. The number of aryl methyl sites for hydroxylation is 1. The molecule has 4 heteroatoms. The van der Waals surface area contributed by atoms with Crippen LogP contribution in [0.1, 0.15) is 38.8 Å². The first-order valence-corrected chi connectivity index (χ1v) is 7.05. The van der Waals surface area contributed by atoms with Gasteiger partial charge in [-0.15, -0.1) is 0 Å². The highest BCUT2D eigenvalue weighted by Crippen LogP contribution is 2.04. The predicted molar refractivity (Wildman–Crippen MR) is 74.7 cm³/mol. The summed E-state index contributed by atoms with van der Waals surface area (Å²) in [6.07, 6.45) is 6.29. The molecule has 1 atom stereocenters. The lowest BCUT2D eigenvalue weighted by atomic mass is 10.1. The van der Waals surface area contributed by atoms with Gasteiger partial charge in [0.25, 0.3) is 0 Å². The SMILES string of the molecule is CCCNC(CCOCCC)Cc1ccn(C)n1. The van der Waals surface area contributed by atoms with Gasteiger partial charge in [-0.05, 0) is 31.9 Å². The van der Waals surface area contributed by atoms with E-state index in [9.17, 15) is 0 Å². The van der Waals surface area contributed by atoms with Crippen molar-refractivity contribution >= 4 is 0 Å². The minimum Gasteiger partial charge on any atom is -0.381 e. The summed E-state index contributed by atoms with van der Waals surface area (Å²) in [7, 11) is 1.96. The fourth-order valence-electron chi connectivity index (χ4n) is 1.92. The Morgan fingerprint density at radius 2 is 2.17 bits per heavy atom. The molecular weight excluding hydrogens is 226 g/mol. The van der Waals surface area contributed by atoms with Crippen LogP contribution >= 0.6 is 0 Å². The summed E-state index contributed by atoms with van der Waals surface area (Å²) in [5, 5.41) is 8.01. The normalized spacial score (nSPS) is 12.8. The molecule has 0 fully saturated rings. The van der Waals surface area contributed by atoms with Crippen LogP contribution in [0.2, 0.25) is 0 Å². The first kappa shape index (κ1) is 15.2. The highest BCUT2D eigenvalue weighted by Gasteiger charge is 2.10. The molecule has 104 valence electrons. The lowest BCUT2D eigenvalue weighted by Gasteiger charge is -2.17. The van der Waals surface area contributed by atoms with Crippen LogP contribution in [-0.2, 0) is 18.2 Å². The van der Waals surface area contributed by atoms with Gasteiger partial charge >= 0.3 is 0 Å². The van der Waals surface area contributed by atoms with Gasteiger partial charge in [0.2, 0.25) is 0 Å². The van der Waals surface area contributed by atoms with E-state index in [1.807, 2.05) is 17.9 Å². The molecule has 0 aliphatic rings. The summed E-state index contributed by atoms with van der Waals surface area (Å²) in [6, 6.07) is 2.56. The van der Waals surface area contributed by atoms with Crippen LogP contribution in [0, 0.1) is 0 Å². The summed E-state index contributed by atoms with van der Waals surface area (Å²) in [4.78, 5) is 0. The van der Waals surface area contributed by atoms with Crippen molar-refractivity contribution in [2.45, 2.75) is 45.6 Å². The molecule has 1 aromatic heterocycles. The quantitative estimate of drug-likeness (QED) is 0.649. The summed E-state index contributed by atoms with van der Waals surface area (Å²) in [5.41, 5.74) is 1.15. The highest BCUT2D eigenvalue weighted by molar-refractivity contribution is 5.01. The topological polar surface area (TPSA) is 39.1 Å². The van der Waals surface area contributed by atoms with Crippen LogP contribution in [0.3, 0.4) is 0 Å². The lowest BCUT2D eigenvalue weighted by Crippen LogP contribution is -2.33. The molecule has 18 heavy (non-hydrogen) atoms. The van der Waals surface area contributed by atoms with Gasteiger partial charge < -0.3 is 10.1 Å². The molecular formula is C14H27N3O. The predicted octanol–water partition coefficient (Wildman–Crippen LogP) is 2.15. The smallest absolute Gasteiger partial charge is 0.0640 e.